The summed E-state index contributed by atoms with van der Waals surface area (Å²) < 4.78 is 10.4. The molecule has 0 bridgehead atoms. The summed E-state index contributed by atoms with van der Waals surface area (Å²) in [5.41, 5.74) is 12.7. The van der Waals surface area contributed by atoms with Crippen molar-refractivity contribution in [3.63, 3.8) is 0 Å². The number of hydrogen-bond acceptors (Lipinski definition) is 7. The zero-order valence-electron chi connectivity index (χ0n) is 16.5. The van der Waals surface area contributed by atoms with Crippen LogP contribution in [-0.2, 0) is 30.5 Å². The number of carboxylic acids is 1. The van der Waals surface area contributed by atoms with Gasteiger partial charge < -0.3 is 30.9 Å². The highest BCUT2D eigenvalue weighted by Gasteiger charge is 2.41. The third-order valence-electron chi connectivity index (χ3n) is 5.04. The van der Waals surface area contributed by atoms with Crippen LogP contribution in [0.3, 0.4) is 0 Å². The van der Waals surface area contributed by atoms with Gasteiger partial charge in [-0.3, -0.25) is 9.59 Å². The van der Waals surface area contributed by atoms with Crippen LogP contribution in [-0.4, -0.2) is 65.7 Å². The molecule has 5 N–H and O–H groups in total. The molecule has 2 rings (SSSR count). The second-order valence-corrected chi connectivity index (χ2v) is 7.18. The number of methoxy groups -OCH3 is 1. The molecule has 1 heterocycles. The number of esters is 1. The quantitative estimate of drug-likeness (QED) is 0.468. The van der Waals surface area contributed by atoms with Crippen LogP contribution in [0.15, 0.2) is 30.3 Å². The lowest BCUT2D eigenvalue weighted by atomic mass is 10.0. The van der Waals surface area contributed by atoms with E-state index in [2.05, 4.69) is 0 Å². The zero-order valence-corrected chi connectivity index (χ0v) is 16.5. The van der Waals surface area contributed by atoms with E-state index in [0.717, 1.165) is 5.56 Å². The fourth-order valence-corrected chi connectivity index (χ4v) is 3.29. The van der Waals surface area contributed by atoms with Gasteiger partial charge in [-0.25, -0.2) is 4.79 Å². The molecule has 1 fully saturated rings. The van der Waals surface area contributed by atoms with Gasteiger partial charge in [0.25, 0.3) is 0 Å². The van der Waals surface area contributed by atoms with Gasteiger partial charge in [-0.2, -0.15) is 0 Å². The topological polar surface area (TPSA) is 145 Å². The first-order valence-corrected chi connectivity index (χ1v) is 9.61. The standard InChI is InChI=1S/C20H29N3O6/c1-28-14-10-17(19(25)26)23(11-14)18(24)15(21)8-5-9-16(22)20(27)29-12-13-6-3-2-4-7-13/h2-4,6-7,14-17H,5,8-12,21-22H2,1H3,(H,25,26)/t14-,15+,16?,17+/m1/s1. The van der Waals surface area contributed by atoms with E-state index in [1.807, 2.05) is 30.3 Å². The number of hydrogen-bond donors (Lipinski definition) is 3. The molecule has 29 heavy (non-hydrogen) atoms. The highest BCUT2D eigenvalue weighted by molar-refractivity contribution is 5.87. The van der Waals surface area contributed by atoms with Crippen molar-refractivity contribution in [2.24, 2.45) is 11.5 Å². The van der Waals surface area contributed by atoms with Crippen molar-refractivity contribution in [1.29, 1.82) is 0 Å². The van der Waals surface area contributed by atoms with Crippen LogP contribution >= 0.6 is 0 Å². The fourth-order valence-electron chi connectivity index (χ4n) is 3.29. The highest BCUT2D eigenvalue weighted by atomic mass is 16.5. The highest BCUT2D eigenvalue weighted by Crippen LogP contribution is 2.22. The number of ether oxygens (including phenoxy) is 2. The molecule has 4 atom stereocenters. The molecular formula is C20H29N3O6. The molecule has 0 radical (unpaired) electrons. The molecule has 1 aromatic carbocycles. The van der Waals surface area contributed by atoms with Gasteiger partial charge in [-0.15, -0.1) is 0 Å². The summed E-state index contributed by atoms with van der Waals surface area (Å²) >= 11 is 0. The molecule has 1 aliphatic rings. The van der Waals surface area contributed by atoms with E-state index in [4.69, 9.17) is 20.9 Å². The first-order chi connectivity index (χ1) is 13.8. The van der Waals surface area contributed by atoms with Gasteiger partial charge in [-0.1, -0.05) is 30.3 Å². The van der Waals surface area contributed by atoms with Crippen LogP contribution in [0.2, 0.25) is 0 Å². The van der Waals surface area contributed by atoms with Crippen LogP contribution in [0, 0.1) is 0 Å². The molecule has 9 nitrogen and oxygen atoms in total. The minimum absolute atomic E-state index is 0.150. The number of aliphatic carboxylic acids is 1. The molecule has 1 unspecified atom stereocenters. The lowest BCUT2D eigenvalue weighted by molar-refractivity contribution is -0.149. The maximum atomic E-state index is 12.5. The van der Waals surface area contributed by atoms with Crippen molar-refractivity contribution >= 4 is 17.8 Å². The number of rotatable bonds is 10. The minimum atomic E-state index is -1.08. The van der Waals surface area contributed by atoms with Crippen LogP contribution in [0.5, 0.6) is 0 Å². The number of benzene rings is 1. The van der Waals surface area contributed by atoms with Gasteiger partial charge in [0.2, 0.25) is 5.91 Å². The third kappa shape index (κ3) is 6.52. The summed E-state index contributed by atoms with van der Waals surface area (Å²) in [5.74, 6) is -2.02. The lowest BCUT2D eigenvalue weighted by Crippen LogP contribution is -2.48. The number of nitrogens with zero attached hydrogens (tertiary/aromatic N) is 1. The van der Waals surface area contributed by atoms with Crippen LogP contribution in [0.25, 0.3) is 0 Å². The van der Waals surface area contributed by atoms with Crippen molar-refractivity contribution in [2.45, 2.75) is 56.5 Å². The van der Waals surface area contributed by atoms with Gasteiger partial charge in [0, 0.05) is 20.1 Å². The first-order valence-electron chi connectivity index (χ1n) is 9.61. The summed E-state index contributed by atoms with van der Waals surface area (Å²) in [4.78, 5) is 37.2. The Hall–Kier alpha value is -2.49. The Morgan fingerprint density at radius 3 is 2.45 bits per heavy atom. The van der Waals surface area contributed by atoms with Crippen molar-refractivity contribution in [2.75, 3.05) is 13.7 Å². The number of amides is 1. The lowest BCUT2D eigenvalue weighted by Gasteiger charge is -2.24. The van der Waals surface area contributed by atoms with Crippen molar-refractivity contribution < 1.29 is 29.0 Å². The Labute approximate surface area is 169 Å². The van der Waals surface area contributed by atoms with E-state index in [1.54, 1.807) is 0 Å². The van der Waals surface area contributed by atoms with E-state index in [-0.39, 0.29) is 25.7 Å². The second-order valence-electron chi connectivity index (χ2n) is 7.18. The summed E-state index contributed by atoms with van der Waals surface area (Å²) in [6.45, 7) is 0.350. The van der Waals surface area contributed by atoms with E-state index in [1.165, 1.54) is 12.0 Å². The summed E-state index contributed by atoms with van der Waals surface area (Å²) in [6.07, 6.45) is 0.965. The van der Waals surface area contributed by atoms with E-state index < -0.39 is 36.0 Å². The Morgan fingerprint density at radius 2 is 1.83 bits per heavy atom. The number of nitrogens with two attached hydrogens (primary N) is 2. The molecule has 160 valence electrons. The SMILES string of the molecule is CO[C@@H]1C[C@@H](C(=O)O)N(C(=O)[C@@H](N)CCCC(N)C(=O)OCc2ccccc2)C1. The molecule has 1 aliphatic heterocycles. The van der Waals surface area contributed by atoms with Crippen molar-refractivity contribution in [3.05, 3.63) is 35.9 Å². The Balaban J connectivity index is 1.75. The predicted molar refractivity (Wildman–Crippen MR) is 105 cm³/mol. The molecular weight excluding hydrogens is 378 g/mol. The number of carbonyl (C=O) groups is 3. The summed E-state index contributed by atoms with van der Waals surface area (Å²) in [5, 5.41) is 9.31. The fraction of sp³-hybridized carbons (Fsp3) is 0.550. The maximum Gasteiger partial charge on any atom is 0.326 e. The van der Waals surface area contributed by atoms with Crippen molar-refractivity contribution in [1.82, 2.24) is 4.90 Å². The Bertz CT molecular complexity index is 699. The van der Waals surface area contributed by atoms with Gasteiger partial charge in [-0.05, 0) is 24.8 Å². The largest absolute Gasteiger partial charge is 0.480 e. The molecule has 1 aromatic rings. The number of carbonyl (C=O) groups excluding carboxylic acids is 2. The maximum absolute atomic E-state index is 12.5. The molecule has 0 saturated carbocycles. The molecule has 0 aliphatic carbocycles. The van der Waals surface area contributed by atoms with Gasteiger partial charge in [0.05, 0.1) is 12.1 Å². The van der Waals surface area contributed by atoms with E-state index >= 15 is 0 Å². The van der Waals surface area contributed by atoms with Crippen LogP contribution < -0.4 is 11.5 Å². The Morgan fingerprint density at radius 1 is 1.17 bits per heavy atom. The second kappa shape index (κ2) is 10.9. The first kappa shape index (κ1) is 22.8. The van der Waals surface area contributed by atoms with Crippen molar-refractivity contribution in [3.8, 4) is 0 Å². The van der Waals surface area contributed by atoms with Gasteiger partial charge in [0.1, 0.15) is 18.7 Å². The molecule has 1 amide bonds. The number of likely N-dealkylation sites (tertiary alicyclic amines) is 1. The monoisotopic (exact) mass is 407 g/mol. The summed E-state index contributed by atoms with van der Waals surface area (Å²) in [7, 11) is 1.48. The van der Waals surface area contributed by atoms with E-state index in [9.17, 15) is 19.5 Å². The number of carboxylic acid groups (broad SMARTS) is 1. The molecule has 0 spiro atoms. The van der Waals surface area contributed by atoms with E-state index in [0.29, 0.717) is 19.3 Å². The third-order valence-corrected chi connectivity index (χ3v) is 5.04. The molecule has 9 heteroatoms. The van der Waals surface area contributed by atoms with Gasteiger partial charge in [0.15, 0.2) is 0 Å². The average Bonchev–Trinajstić information content (AvgIpc) is 3.16. The van der Waals surface area contributed by atoms with Crippen LogP contribution in [0.1, 0.15) is 31.2 Å². The van der Waals surface area contributed by atoms with Gasteiger partial charge >= 0.3 is 11.9 Å². The average molecular weight is 407 g/mol. The smallest absolute Gasteiger partial charge is 0.326 e. The Kier molecular flexibility index (Phi) is 8.56. The molecule has 1 saturated heterocycles. The normalized spacial score (nSPS) is 20.9. The zero-order chi connectivity index (χ0) is 21.4. The molecule has 0 aromatic heterocycles. The van der Waals surface area contributed by atoms with Crippen LogP contribution in [0.4, 0.5) is 0 Å². The predicted octanol–water partition coefficient (Wildman–Crippen LogP) is 0.255. The summed E-state index contributed by atoms with van der Waals surface area (Å²) in [6, 6.07) is 6.67. The minimum Gasteiger partial charge on any atom is -0.480 e.